The van der Waals surface area contributed by atoms with E-state index in [-0.39, 0.29) is 0 Å². The number of hydrogen-bond acceptors (Lipinski definition) is 4. The number of carboxylic acid groups (broad SMARTS) is 2. The molecule has 0 amide bonds. The molecule has 146 valence electrons. The Labute approximate surface area is 155 Å². The fraction of sp³-hybridized carbons (Fsp3) is 0.600. The summed E-state index contributed by atoms with van der Waals surface area (Å²) in [6.07, 6.45) is 9.34. The molecular formula is C20H31NO5. The van der Waals surface area contributed by atoms with Gasteiger partial charge >= 0.3 is 11.9 Å². The second-order valence-electron chi connectivity index (χ2n) is 6.72. The van der Waals surface area contributed by atoms with Crippen LogP contribution in [0.3, 0.4) is 0 Å². The van der Waals surface area contributed by atoms with Gasteiger partial charge in [-0.1, -0.05) is 37.0 Å². The molecule has 0 heterocycles. The van der Waals surface area contributed by atoms with Crippen LogP contribution in [0.4, 0.5) is 0 Å². The number of aryl methyl sites for hydroxylation is 2. The molecule has 1 aliphatic carbocycles. The van der Waals surface area contributed by atoms with E-state index in [0.29, 0.717) is 0 Å². The first kappa shape index (κ1) is 22.0. The normalized spacial score (nSPS) is 14.2. The molecule has 1 aromatic rings. The monoisotopic (exact) mass is 365 g/mol. The molecule has 0 atom stereocenters. The maximum atomic E-state index is 9.10. The third-order valence-corrected chi connectivity index (χ3v) is 4.38. The van der Waals surface area contributed by atoms with Gasteiger partial charge in [-0.25, -0.2) is 9.59 Å². The zero-order chi connectivity index (χ0) is 19.4. The van der Waals surface area contributed by atoms with E-state index in [1.54, 1.807) is 0 Å². The maximum absolute atomic E-state index is 9.10. The molecule has 0 saturated heterocycles. The summed E-state index contributed by atoms with van der Waals surface area (Å²) in [5.74, 6) is -2.61. The quantitative estimate of drug-likeness (QED) is 0.505. The number of aliphatic carboxylic acids is 2. The molecule has 0 aliphatic heterocycles. The summed E-state index contributed by atoms with van der Waals surface area (Å²) in [5.41, 5.74) is 2.54. The highest BCUT2D eigenvalue weighted by Gasteiger charge is 2.11. The third kappa shape index (κ3) is 9.42. The van der Waals surface area contributed by atoms with Gasteiger partial charge in [-0.2, -0.15) is 0 Å². The number of rotatable bonds is 7. The van der Waals surface area contributed by atoms with Crippen molar-refractivity contribution in [2.45, 2.75) is 64.8 Å². The van der Waals surface area contributed by atoms with Crippen LogP contribution >= 0.6 is 0 Å². The molecule has 1 fully saturated rings. The molecule has 1 aliphatic rings. The molecule has 2 rings (SSSR count). The van der Waals surface area contributed by atoms with Crippen molar-refractivity contribution in [3.8, 4) is 5.75 Å². The second-order valence-corrected chi connectivity index (χ2v) is 6.72. The molecule has 6 heteroatoms. The summed E-state index contributed by atoms with van der Waals surface area (Å²) in [7, 11) is 0. The van der Waals surface area contributed by atoms with Gasteiger partial charge < -0.3 is 20.3 Å². The number of ether oxygens (including phenoxy) is 1. The van der Waals surface area contributed by atoms with Crippen molar-refractivity contribution in [1.29, 1.82) is 0 Å². The van der Waals surface area contributed by atoms with E-state index in [1.165, 1.54) is 49.7 Å². The van der Waals surface area contributed by atoms with Crippen LogP contribution in [0, 0.1) is 13.8 Å². The topological polar surface area (TPSA) is 95.9 Å². The predicted octanol–water partition coefficient (Wildman–Crippen LogP) is 3.54. The van der Waals surface area contributed by atoms with Gasteiger partial charge in [-0.15, -0.1) is 0 Å². The first-order valence-electron chi connectivity index (χ1n) is 9.30. The van der Waals surface area contributed by atoms with Crippen molar-refractivity contribution in [3.05, 3.63) is 29.3 Å². The molecule has 26 heavy (non-hydrogen) atoms. The zero-order valence-corrected chi connectivity index (χ0v) is 15.8. The van der Waals surface area contributed by atoms with E-state index in [4.69, 9.17) is 24.5 Å². The lowest BCUT2D eigenvalue weighted by molar-refractivity contribution is -0.159. The van der Waals surface area contributed by atoms with Gasteiger partial charge in [0.1, 0.15) is 5.75 Å². The number of carboxylic acids is 2. The van der Waals surface area contributed by atoms with Crippen molar-refractivity contribution >= 4 is 11.9 Å². The largest absolute Gasteiger partial charge is 0.493 e. The van der Waals surface area contributed by atoms with Gasteiger partial charge in [0.15, 0.2) is 0 Å². The first-order chi connectivity index (χ1) is 12.4. The Morgan fingerprint density at radius 2 is 1.73 bits per heavy atom. The molecule has 1 aromatic carbocycles. The molecule has 0 aromatic heterocycles. The van der Waals surface area contributed by atoms with Gasteiger partial charge in [-0.05, 0) is 57.7 Å². The molecule has 3 N–H and O–H groups in total. The SMILES string of the molecule is Cc1ccc(OCCCCNC2CCCCC2)c(C)c1.O=C(O)C(=O)O. The van der Waals surface area contributed by atoms with Gasteiger partial charge in [-0.3, -0.25) is 0 Å². The Bertz CT molecular complexity index is 555. The molecule has 0 bridgehead atoms. The number of hydrogen-bond donors (Lipinski definition) is 3. The van der Waals surface area contributed by atoms with Crippen molar-refractivity contribution in [2.24, 2.45) is 0 Å². The second kappa shape index (κ2) is 12.3. The highest BCUT2D eigenvalue weighted by molar-refractivity contribution is 6.27. The summed E-state index contributed by atoms with van der Waals surface area (Å²) < 4.78 is 5.86. The minimum absolute atomic E-state index is 0.781. The number of nitrogens with one attached hydrogen (secondary N) is 1. The van der Waals surface area contributed by atoms with Gasteiger partial charge in [0.2, 0.25) is 0 Å². The fourth-order valence-corrected chi connectivity index (χ4v) is 2.98. The van der Waals surface area contributed by atoms with E-state index in [1.807, 2.05) is 0 Å². The Hall–Kier alpha value is -2.08. The van der Waals surface area contributed by atoms with Crippen molar-refractivity contribution in [2.75, 3.05) is 13.2 Å². The van der Waals surface area contributed by atoms with E-state index in [2.05, 4.69) is 37.4 Å². The van der Waals surface area contributed by atoms with Gasteiger partial charge in [0.25, 0.3) is 0 Å². The van der Waals surface area contributed by atoms with Crippen molar-refractivity contribution in [1.82, 2.24) is 5.32 Å². The van der Waals surface area contributed by atoms with Crippen LogP contribution in [0.15, 0.2) is 18.2 Å². The van der Waals surface area contributed by atoms with E-state index >= 15 is 0 Å². The van der Waals surface area contributed by atoms with Crippen molar-refractivity contribution < 1.29 is 24.5 Å². The summed E-state index contributed by atoms with van der Waals surface area (Å²) >= 11 is 0. The predicted molar refractivity (Wildman–Crippen MR) is 101 cm³/mol. The molecule has 1 saturated carbocycles. The summed E-state index contributed by atoms with van der Waals surface area (Å²) in [6.45, 7) is 6.21. The molecule has 0 unspecified atom stereocenters. The Morgan fingerprint density at radius 3 is 2.31 bits per heavy atom. The lowest BCUT2D eigenvalue weighted by atomic mass is 9.95. The zero-order valence-electron chi connectivity index (χ0n) is 15.8. The number of benzene rings is 1. The summed E-state index contributed by atoms with van der Waals surface area (Å²) in [5, 5.41) is 18.5. The molecule has 0 spiro atoms. The third-order valence-electron chi connectivity index (χ3n) is 4.38. The van der Waals surface area contributed by atoms with Crippen LogP contribution in [0.2, 0.25) is 0 Å². The summed E-state index contributed by atoms with van der Waals surface area (Å²) in [6, 6.07) is 7.17. The standard InChI is InChI=1S/C18H29NO.C2H2O4/c1-15-10-11-18(16(2)14-15)20-13-7-6-12-19-17-8-4-3-5-9-17;3-1(4)2(5)6/h10-11,14,17,19H,3-9,12-13H2,1-2H3;(H,3,4)(H,5,6). The Morgan fingerprint density at radius 1 is 1.08 bits per heavy atom. The average molecular weight is 365 g/mol. The fourth-order valence-electron chi connectivity index (χ4n) is 2.98. The van der Waals surface area contributed by atoms with Crippen LogP contribution in [0.1, 0.15) is 56.1 Å². The lowest BCUT2D eigenvalue weighted by Crippen LogP contribution is -2.31. The minimum atomic E-state index is -1.82. The average Bonchev–Trinajstić information content (AvgIpc) is 2.61. The highest BCUT2D eigenvalue weighted by Crippen LogP contribution is 2.19. The van der Waals surface area contributed by atoms with Crippen LogP contribution in [0.5, 0.6) is 5.75 Å². The van der Waals surface area contributed by atoms with Crippen molar-refractivity contribution in [3.63, 3.8) is 0 Å². The lowest BCUT2D eigenvalue weighted by Gasteiger charge is -2.22. The Balaban J connectivity index is 0.000000487. The molecule has 0 radical (unpaired) electrons. The van der Waals surface area contributed by atoms with Crippen LogP contribution in [-0.4, -0.2) is 41.3 Å². The Kier molecular flexibility index (Phi) is 10.4. The van der Waals surface area contributed by atoms with Crippen LogP contribution < -0.4 is 10.1 Å². The minimum Gasteiger partial charge on any atom is -0.493 e. The number of unbranched alkanes of at least 4 members (excludes halogenated alkanes) is 1. The maximum Gasteiger partial charge on any atom is 0.414 e. The van der Waals surface area contributed by atoms with Gasteiger partial charge in [0.05, 0.1) is 6.61 Å². The highest BCUT2D eigenvalue weighted by atomic mass is 16.5. The van der Waals surface area contributed by atoms with Gasteiger partial charge in [0, 0.05) is 6.04 Å². The van der Waals surface area contributed by atoms with E-state index in [9.17, 15) is 0 Å². The first-order valence-corrected chi connectivity index (χ1v) is 9.30. The van der Waals surface area contributed by atoms with E-state index in [0.717, 1.165) is 31.4 Å². The molecule has 6 nitrogen and oxygen atoms in total. The number of carbonyl (C=O) groups is 2. The van der Waals surface area contributed by atoms with Crippen LogP contribution in [-0.2, 0) is 9.59 Å². The smallest absolute Gasteiger partial charge is 0.414 e. The van der Waals surface area contributed by atoms with Crippen LogP contribution in [0.25, 0.3) is 0 Å². The van der Waals surface area contributed by atoms with E-state index < -0.39 is 11.9 Å². The summed E-state index contributed by atoms with van der Waals surface area (Å²) in [4.78, 5) is 18.2. The molecular weight excluding hydrogens is 334 g/mol.